The number of imidazole rings is 1. The molecule has 0 aliphatic heterocycles. The summed E-state index contributed by atoms with van der Waals surface area (Å²) < 4.78 is 29.9. The van der Waals surface area contributed by atoms with Crippen LogP contribution in [0.15, 0.2) is 33.9 Å². The third-order valence-corrected chi connectivity index (χ3v) is 4.73. The number of hydrogen-bond donors (Lipinski definition) is 1. The number of sulfonamides is 1. The predicted octanol–water partition coefficient (Wildman–Crippen LogP) is 3.08. The summed E-state index contributed by atoms with van der Waals surface area (Å²) in [6, 6.07) is 5.37. The molecule has 5 nitrogen and oxygen atoms in total. The number of nitrogens with one attached hydrogen (secondary N) is 1. The van der Waals surface area contributed by atoms with E-state index in [0.29, 0.717) is 18.1 Å². The lowest BCUT2D eigenvalue weighted by atomic mass is 10.2. The molecule has 0 aliphatic carbocycles. The number of nitrogens with zero attached hydrogens (tertiary/aromatic N) is 2. The lowest BCUT2D eigenvalue weighted by Gasteiger charge is -2.09. The normalized spacial score (nSPS) is 11.6. The molecule has 2 rings (SSSR count). The summed E-state index contributed by atoms with van der Waals surface area (Å²) in [5.41, 5.74) is 1.39. The SMILES string of the molecule is CCn1cc(S(=O)(=O)Nc2ccc(Br)cc2C)nc1C. The fourth-order valence-electron chi connectivity index (χ4n) is 1.87. The summed E-state index contributed by atoms with van der Waals surface area (Å²) in [6.45, 7) is 6.26. The van der Waals surface area contributed by atoms with Crippen LogP contribution in [0, 0.1) is 13.8 Å². The van der Waals surface area contributed by atoms with Crippen LogP contribution < -0.4 is 4.72 Å². The van der Waals surface area contributed by atoms with Crippen LogP contribution in [-0.4, -0.2) is 18.0 Å². The second-order valence-corrected chi connectivity index (χ2v) is 7.02. The second-order valence-electron chi connectivity index (χ2n) is 4.48. The molecular formula is C13H16BrN3O2S. The van der Waals surface area contributed by atoms with Crippen molar-refractivity contribution >= 4 is 31.6 Å². The van der Waals surface area contributed by atoms with Gasteiger partial charge in [-0.2, -0.15) is 8.42 Å². The van der Waals surface area contributed by atoms with Crippen LogP contribution in [0.5, 0.6) is 0 Å². The number of anilines is 1. The molecule has 0 unspecified atom stereocenters. The largest absolute Gasteiger partial charge is 0.334 e. The first-order chi connectivity index (χ1) is 9.33. The number of aromatic nitrogens is 2. The van der Waals surface area contributed by atoms with Gasteiger partial charge in [-0.3, -0.25) is 4.72 Å². The molecule has 0 bridgehead atoms. The third kappa shape index (κ3) is 3.04. The monoisotopic (exact) mass is 357 g/mol. The van der Waals surface area contributed by atoms with E-state index in [2.05, 4.69) is 25.6 Å². The Morgan fingerprint density at radius 1 is 1.35 bits per heavy atom. The van der Waals surface area contributed by atoms with E-state index in [1.165, 1.54) is 0 Å². The number of benzene rings is 1. The maximum absolute atomic E-state index is 12.3. The van der Waals surface area contributed by atoms with Gasteiger partial charge in [0, 0.05) is 17.2 Å². The van der Waals surface area contributed by atoms with Crippen molar-refractivity contribution in [2.24, 2.45) is 0 Å². The first-order valence-electron chi connectivity index (χ1n) is 6.16. The van der Waals surface area contributed by atoms with E-state index < -0.39 is 10.0 Å². The lowest BCUT2D eigenvalue weighted by molar-refractivity contribution is 0.598. The minimum absolute atomic E-state index is 0.0409. The maximum Gasteiger partial charge on any atom is 0.280 e. The highest BCUT2D eigenvalue weighted by Crippen LogP contribution is 2.22. The highest BCUT2D eigenvalue weighted by atomic mass is 79.9. The molecule has 0 fully saturated rings. The molecule has 7 heteroatoms. The molecule has 2 aromatic rings. The van der Waals surface area contributed by atoms with Crippen LogP contribution >= 0.6 is 15.9 Å². The van der Waals surface area contributed by atoms with Crippen molar-refractivity contribution < 1.29 is 8.42 Å². The van der Waals surface area contributed by atoms with Gasteiger partial charge in [0.1, 0.15) is 5.82 Å². The van der Waals surface area contributed by atoms with Crippen molar-refractivity contribution in [1.82, 2.24) is 9.55 Å². The summed E-state index contributed by atoms with van der Waals surface area (Å²) in [4.78, 5) is 4.10. The Hall–Kier alpha value is -1.34. The molecule has 0 spiro atoms. The predicted molar refractivity (Wildman–Crippen MR) is 82.3 cm³/mol. The molecule has 0 saturated heterocycles. The van der Waals surface area contributed by atoms with Crippen LogP contribution in [0.3, 0.4) is 0 Å². The van der Waals surface area contributed by atoms with E-state index in [9.17, 15) is 8.42 Å². The lowest BCUT2D eigenvalue weighted by Crippen LogP contribution is -2.14. The summed E-state index contributed by atoms with van der Waals surface area (Å²) in [7, 11) is -3.66. The van der Waals surface area contributed by atoms with Crippen LogP contribution in [0.1, 0.15) is 18.3 Å². The first-order valence-corrected chi connectivity index (χ1v) is 8.44. The molecule has 0 aliphatic rings. The van der Waals surface area contributed by atoms with Crippen LogP contribution in [0.2, 0.25) is 0 Å². The average Bonchev–Trinajstić information content (AvgIpc) is 2.75. The molecule has 1 aromatic heterocycles. The molecule has 0 atom stereocenters. The van der Waals surface area contributed by atoms with Crippen molar-refractivity contribution in [3.63, 3.8) is 0 Å². The zero-order valence-electron chi connectivity index (χ0n) is 11.5. The summed E-state index contributed by atoms with van der Waals surface area (Å²) in [6.07, 6.45) is 1.55. The molecule has 1 heterocycles. The highest BCUT2D eigenvalue weighted by Gasteiger charge is 2.19. The van der Waals surface area contributed by atoms with Crippen molar-refractivity contribution in [1.29, 1.82) is 0 Å². The first kappa shape index (κ1) is 15.1. The van der Waals surface area contributed by atoms with Crippen molar-refractivity contribution in [2.45, 2.75) is 32.3 Å². The fourth-order valence-corrected chi connectivity index (χ4v) is 3.48. The zero-order valence-corrected chi connectivity index (χ0v) is 13.9. The average molecular weight is 358 g/mol. The Bertz CT molecular complexity index is 738. The van der Waals surface area contributed by atoms with Gasteiger partial charge in [0.2, 0.25) is 0 Å². The molecule has 0 saturated carbocycles. The Morgan fingerprint density at radius 2 is 2.05 bits per heavy atom. The number of halogens is 1. The van der Waals surface area contributed by atoms with E-state index in [0.717, 1.165) is 10.0 Å². The maximum atomic E-state index is 12.3. The second kappa shape index (κ2) is 5.57. The van der Waals surface area contributed by atoms with Crippen molar-refractivity contribution in [3.05, 3.63) is 40.3 Å². The van der Waals surface area contributed by atoms with Gasteiger partial charge in [0.05, 0.1) is 5.69 Å². The molecule has 1 N–H and O–H groups in total. The Balaban J connectivity index is 2.35. The Labute approximate surface area is 127 Å². The Morgan fingerprint density at radius 3 is 2.60 bits per heavy atom. The van der Waals surface area contributed by atoms with Crippen molar-refractivity contribution in [2.75, 3.05) is 4.72 Å². The number of hydrogen-bond acceptors (Lipinski definition) is 3. The van der Waals surface area contributed by atoms with Gasteiger partial charge in [0.15, 0.2) is 5.03 Å². The van der Waals surface area contributed by atoms with Gasteiger partial charge in [-0.15, -0.1) is 0 Å². The number of aryl methyl sites for hydroxylation is 3. The van der Waals surface area contributed by atoms with Gasteiger partial charge < -0.3 is 4.57 Å². The number of rotatable bonds is 4. The van der Waals surface area contributed by atoms with Gasteiger partial charge in [-0.1, -0.05) is 15.9 Å². The zero-order chi connectivity index (χ0) is 14.9. The molecule has 0 radical (unpaired) electrons. The minimum Gasteiger partial charge on any atom is -0.334 e. The van der Waals surface area contributed by atoms with Crippen LogP contribution in [0.25, 0.3) is 0 Å². The van der Waals surface area contributed by atoms with Crippen LogP contribution in [-0.2, 0) is 16.6 Å². The van der Waals surface area contributed by atoms with Gasteiger partial charge in [0.25, 0.3) is 10.0 Å². The van der Waals surface area contributed by atoms with E-state index in [1.807, 2.05) is 19.9 Å². The molecule has 108 valence electrons. The van der Waals surface area contributed by atoms with E-state index in [-0.39, 0.29) is 5.03 Å². The summed E-state index contributed by atoms with van der Waals surface area (Å²) in [5.74, 6) is 0.681. The summed E-state index contributed by atoms with van der Waals surface area (Å²) >= 11 is 3.35. The minimum atomic E-state index is -3.66. The van der Waals surface area contributed by atoms with Gasteiger partial charge in [-0.05, 0) is 44.5 Å². The standard InChI is InChI=1S/C13H16BrN3O2S/c1-4-17-8-13(15-10(17)3)20(18,19)16-12-6-5-11(14)7-9(12)2/h5-8,16H,4H2,1-3H3. The topological polar surface area (TPSA) is 64.0 Å². The Kier molecular flexibility index (Phi) is 4.19. The van der Waals surface area contributed by atoms with Crippen LogP contribution in [0.4, 0.5) is 5.69 Å². The van der Waals surface area contributed by atoms with E-state index in [1.54, 1.807) is 29.8 Å². The molecular weight excluding hydrogens is 342 g/mol. The summed E-state index contributed by atoms with van der Waals surface area (Å²) in [5, 5.41) is 0.0409. The van der Waals surface area contributed by atoms with Crippen molar-refractivity contribution in [3.8, 4) is 0 Å². The molecule has 20 heavy (non-hydrogen) atoms. The van der Waals surface area contributed by atoms with E-state index in [4.69, 9.17) is 0 Å². The van der Waals surface area contributed by atoms with E-state index >= 15 is 0 Å². The molecule has 0 amide bonds. The quantitative estimate of drug-likeness (QED) is 0.914. The fraction of sp³-hybridized carbons (Fsp3) is 0.308. The molecule has 1 aromatic carbocycles. The van der Waals surface area contributed by atoms with Gasteiger partial charge in [-0.25, -0.2) is 4.98 Å². The smallest absolute Gasteiger partial charge is 0.280 e. The van der Waals surface area contributed by atoms with Gasteiger partial charge >= 0.3 is 0 Å². The highest BCUT2D eigenvalue weighted by molar-refractivity contribution is 9.10. The third-order valence-electron chi connectivity index (χ3n) is 3.00.